The Morgan fingerprint density at radius 1 is 1.32 bits per heavy atom. The first-order chi connectivity index (χ1) is 9.06. The van der Waals surface area contributed by atoms with Crippen molar-refractivity contribution in [1.82, 2.24) is 9.80 Å². The van der Waals surface area contributed by atoms with Crippen molar-refractivity contribution < 1.29 is 14.7 Å². The lowest BCUT2D eigenvalue weighted by molar-refractivity contribution is -0.139. The van der Waals surface area contributed by atoms with Crippen LogP contribution in [0.2, 0.25) is 0 Å². The molecule has 1 heterocycles. The summed E-state index contributed by atoms with van der Waals surface area (Å²) < 4.78 is 0. The molecule has 1 rings (SSSR count). The Morgan fingerprint density at radius 3 is 2.68 bits per heavy atom. The van der Waals surface area contributed by atoms with E-state index >= 15 is 0 Å². The molecule has 0 spiro atoms. The van der Waals surface area contributed by atoms with Gasteiger partial charge >= 0.3 is 0 Å². The van der Waals surface area contributed by atoms with Gasteiger partial charge in [0.05, 0.1) is 5.92 Å². The van der Waals surface area contributed by atoms with E-state index in [-0.39, 0.29) is 24.3 Å². The van der Waals surface area contributed by atoms with Crippen LogP contribution in [0.25, 0.3) is 0 Å². The molecule has 1 aliphatic rings. The van der Waals surface area contributed by atoms with E-state index in [1.54, 1.807) is 16.7 Å². The van der Waals surface area contributed by atoms with E-state index in [1.165, 1.54) is 0 Å². The van der Waals surface area contributed by atoms with Gasteiger partial charge in [-0.2, -0.15) is 0 Å². The molecule has 1 unspecified atom stereocenters. The molecule has 0 aromatic heterocycles. The van der Waals surface area contributed by atoms with Gasteiger partial charge in [-0.05, 0) is 32.1 Å². The van der Waals surface area contributed by atoms with Gasteiger partial charge in [-0.15, -0.1) is 0 Å². The zero-order valence-electron chi connectivity index (χ0n) is 12.1. The first kappa shape index (κ1) is 16.0. The molecule has 5 nitrogen and oxygen atoms in total. The van der Waals surface area contributed by atoms with E-state index in [9.17, 15) is 9.59 Å². The summed E-state index contributed by atoms with van der Waals surface area (Å²) in [5.41, 5.74) is 0. The first-order valence-electron chi connectivity index (χ1n) is 7.17. The SMILES string of the molecule is CC(=O)N1CCCC(C(=O)N(C)CCCCCO)C1. The molecule has 1 saturated heterocycles. The molecule has 5 heteroatoms. The van der Waals surface area contributed by atoms with Gasteiger partial charge in [0.15, 0.2) is 0 Å². The number of unbranched alkanes of at least 4 members (excludes halogenated alkanes) is 2. The van der Waals surface area contributed by atoms with Gasteiger partial charge in [0, 0.05) is 40.2 Å². The molecule has 0 radical (unpaired) electrons. The molecule has 1 fully saturated rings. The summed E-state index contributed by atoms with van der Waals surface area (Å²) in [5, 5.41) is 8.71. The molecule has 0 aliphatic carbocycles. The van der Waals surface area contributed by atoms with Gasteiger partial charge in [0.25, 0.3) is 0 Å². The van der Waals surface area contributed by atoms with E-state index in [2.05, 4.69) is 0 Å². The Labute approximate surface area is 115 Å². The maximum absolute atomic E-state index is 12.3. The van der Waals surface area contributed by atoms with Crippen LogP contribution in [-0.4, -0.2) is 60.0 Å². The Morgan fingerprint density at radius 2 is 2.05 bits per heavy atom. The number of rotatable bonds is 6. The molecular weight excluding hydrogens is 244 g/mol. The van der Waals surface area contributed by atoms with Crippen molar-refractivity contribution in [2.75, 3.05) is 33.3 Å². The number of hydrogen-bond donors (Lipinski definition) is 1. The number of amides is 2. The number of hydrogen-bond acceptors (Lipinski definition) is 3. The first-order valence-corrected chi connectivity index (χ1v) is 7.17. The molecular formula is C14H26N2O3. The summed E-state index contributed by atoms with van der Waals surface area (Å²) >= 11 is 0. The predicted molar refractivity (Wildman–Crippen MR) is 73.6 cm³/mol. The minimum atomic E-state index is -0.0412. The van der Waals surface area contributed by atoms with Crippen LogP contribution in [0.5, 0.6) is 0 Å². The van der Waals surface area contributed by atoms with Crippen LogP contribution in [0.15, 0.2) is 0 Å². The highest BCUT2D eigenvalue weighted by Gasteiger charge is 2.28. The molecule has 0 aromatic rings. The second-order valence-corrected chi connectivity index (χ2v) is 5.35. The summed E-state index contributed by atoms with van der Waals surface area (Å²) in [5.74, 6) is 0.165. The molecule has 1 aliphatic heterocycles. The lowest BCUT2D eigenvalue weighted by Crippen LogP contribution is -2.45. The predicted octanol–water partition coefficient (Wildman–Crippen LogP) is 0.866. The van der Waals surface area contributed by atoms with Crippen molar-refractivity contribution in [2.45, 2.75) is 39.0 Å². The standard InChI is InChI=1S/C14H26N2O3/c1-12(18)16-9-6-7-13(11-16)14(19)15(2)8-4-3-5-10-17/h13,17H,3-11H2,1-2H3. The van der Waals surface area contributed by atoms with E-state index in [1.807, 2.05) is 7.05 Å². The van der Waals surface area contributed by atoms with Crippen LogP contribution >= 0.6 is 0 Å². The third kappa shape index (κ3) is 5.19. The largest absolute Gasteiger partial charge is 0.396 e. The van der Waals surface area contributed by atoms with E-state index in [0.29, 0.717) is 6.54 Å². The van der Waals surface area contributed by atoms with Gasteiger partial charge in [-0.1, -0.05) is 0 Å². The highest BCUT2D eigenvalue weighted by atomic mass is 16.3. The summed E-state index contributed by atoms with van der Waals surface area (Å²) in [6, 6.07) is 0. The maximum Gasteiger partial charge on any atom is 0.227 e. The number of aliphatic hydroxyl groups excluding tert-OH is 1. The topological polar surface area (TPSA) is 60.9 Å². The lowest BCUT2D eigenvalue weighted by atomic mass is 9.96. The number of nitrogens with zero attached hydrogens (tertiary/aromatic N) is 2. The fourth-order valence-electron chi connectivity index (χ4n) is 2.52. The Bertz CT molecular complexity index is 307. The lowest BCUT2D eigenvalue weighted by Gasteiger charge is -2.33. The fraction of sp³-hybridized carbons (Fsp3) is 0.857. The zero-order chi connectivity index (χ0) is 14.3. The number of aliphatic hydroxyl groups is 1. The van der Waals surface area contributed by atoms with Crippen LogP contribution in [0.4, 0.5) is 0 Å². The quantitative estimate of drug-likeness (QED) is 0.728. The van der Waals surface area contributed by atoms with Gasteiger partial charge in [-0.3, -0.25) is 9.59 Å². The second kappa shape index (κ2) is 8.15. The average Bonchev–Trinajstić information content (AvgIpc) is 2.42. The van der Waals surface area contributed by atoms with Crippen LogP contribution in [0, 0.1) is 5.92 Å². The molecule has 0 aromatic carbocycles. The molecule has 0 saturated carbocycles. The van der Waals surface area contributed by atoms with Crippen molar-refractivity contribution in [3.8, 4) is 0 Å². The third-order valence-electron chi connectivity index (χ3n) is 3.74. The highest BCUT2D eigenvalue weighted by molar-refractivity contribution is 5.80. The molecule has 2 amide bonds. The highest BCUT2D eigenvalue weighted by Crippen LogP contribution is 2.18. The summed E-state index contributed by atoms with van der Waals surface area (Å²) in [6.07, 6.45) is 4.45. The summed E-state index contributed by atoms with van der Waals surface area (Å²) in [7, 11) is 1.83. The Balaban J connectivity index is 2.36. The van der Waals surface area contributed by atoms with Crippen LogP contribution < -0.4 is 0 Å². The third-order valence-corrected chi connectivity index (χ3v) is 3.74. The zero-order valence-corrected chi connectivity index (χ0v) is 12.1. The van der Waals surface area contributed by atoms with Crippen molar-refractivity contribution in [3.05, 3.63) is 0 Å². The van der Waals surface area contributed by atoms with Crippen LogP contribution in [0.1, 0.15) is 39.0 Å². The molecule has 19 heavy (non-hydrogen) atoms. The number of likely N-dealkylation sites (tertiary alicyclic amines) is 1. The Kier molecular flexibility index (Phi) is 6.84. The van der Waals surface area contributed by atoms with Crippen molar-refractivity contribution in [2.24, 2.45) is 5.92 Å². The molecule has 0 bridgehead atoms. The van der Waals surface area contributed by atoms with Gasteiger partial charge in [0.1, 0.15) is 0 Å². The van der Waals surface area contributed by atoms with Crippen molar-refractivity contribution in [1.29, 1.82) is 0 Å². The normalized spacial score (nSPS) is 19.3. The second-order valence-electron chi connectivity index (χ2n) is 5.35. The average molecular weight is 270 g/mol. The summed E-state index contributed by atoms with van der Waals surface area (Å²) in [6.45, 7) is 3.85. The molecule has 1 atom stereocenters. The number of piperidine rings is 1. The monoisotopic (exact) mass is 270 g/mol. The van der Waals surface area contributed by atoms with E-state index in [0.717, 1.165) is 45.2 Å². The van der Waals surface area contributed by atoms with Crippen LogP contribution in [0.3, 0.4) is 0 Å². The van der Waals surface area contributed by atoms with Gasteiger partial charge in [0.2, 0.25) is 11.8 Å². The van der Waals surface area contributed by atoms with Gasteiger partial charge in [-0.25, -0.2) is 0 Å². The number of carbonyl (C=O) groups excluding carboxylic acids is 2. The summed E-state index contributed by atoms with van der Waals surface area (Å²) in [4.78, 5) is 27.2. The maximum atomic E-state index is 12.3. The van der Waals surface area contributed by atoms with Gasteiger partial charge < -0.3 is 14.9 Å². The van der Waals surface area contributed by atoms with Crippen LogP contribution in [-0.2, 0) is 9.59 Å². The minimum Gasteiger partial charge on any atom is -0.396 e. The number of carbonyl (C=O) groups is 2. The minimum absolute atomic E-state index is 0.0412. The van der Waals surface area contributed by atoms with E-state index < -0.39 is 0 Å². The van der Waals surface area contributed by atoms with Crippen molar-refractivity contribution in [3.63, 3.8) is 0 Å². The molecule has 1 N–H and O–H groups in total. The molecule has 110 valence electrons. The smallest absolute Gasteiger partial charge is 0.227 e. The fourth-order valence-corrected chi connectivity index (χ4v) is 2.52. The Hall–Kier alpha value is -1.10. The van der Waals surface area contributed by atoms with E-state index in [4.69, 9.17) is 5.11 Å². The van der Waals surface area contributed by atoms with Crippen molar-refractivity contribution >= 4 is 11.8 Å².